The van der Waals surface area contributed by atoms with Gasteiger partial charge in [0.25, 0.3) is 0 Å². The number of para-hydroxylation sites is 1. The number of pyridine rings is 1. The van der Waals surface area contributed by atoms with Gasteiger partial charge in [0.15, 0.2) is 0 Å². The zero-order chi connectivity index (χ0) is 13.2. The third-order valence-corrected chi connectivity index (χ3v) is 3.55. The fraction of sp³-hybridized carbons (Fsp3) is 0.267. The van der Waals surface area contributed by atoms with Gasteiger partial charge in [-0.2, -0.15) is 5.10 Å². The molecule has 0 bridgehead atoms. The van der Waals surface area contributed by atoms with Crippen LogP contribution in [0.25, 0.3) is 10.9 Å². The average molecular weight is 252 g/mol. The topological polar surface area (TPSA) is 63.6 Å². The molecule has 3 rings (SSSR count). The highest BCUT2D eigenvalue weighted by Gasteiger charge is 2.22. The van der Waals surface area contributed by atoms with Gasteiger partial charge in [0.1, 0.15) is 5.84 Å². The van der Waals surface area contributed by atoms with E-state index in [4.69, 9.17) is 5.73 Å². The Hall–Kier alpha value is -2.23. The van der Waals surface area contributed by atoms with Crippen LogP contribution in [0.3, 0.4) is 0 Å². The summed E-state index contributed by atoms with van der Waals surface area (Å²) in [5, 5.41) is 9.51. The molecule has 2 heterocycles. The second-order valence-electron chi connectivity index (χ2n) is 4.76. The van der Waals surface area contributed by atoms with Crippen molar-refractivity contribution in [2.45, 2.75) is 19.8 Å². The molecule has 0 radical (unpaired) electrons. The van der Waals surface area contributed by atoms with E-state index in [1.807, 2.05) is 30.5 Å². The average Bonchev–Trinajstić information content (AvgIpc) is 2.46. The van der Waals surface area contributed by atoms with E-state index in [9.17, 15) is 0 Å². The van der Waals surface area contributed by atoms with Crippen molar-refractivity contribution in [3.63, 3.8) is 0 Å². The summed E-state index contributed by atoms with van der Waals surface area (Å²) in [6, 6.07) is 10.1. The van der Waals surface area contributed by atoms with Gasteiger partial charge >= 0.3 is 0 Å². The lowest BCUT2D eigenvalue weighted by molar-refractivity contribution is 0.677. The van der Waals surface area contributed by atoms with Gasteiger partial charge in [-0.05, 0) is 18.6 Å². The maximum Gasteiger partial charge on any atom is 0.123 e. The molecule has 1 aliphatic rings. The Labute approximate surface area is 112 Å². The monoisotopic (exact) mass is 252 g/mol. The minimum absolute atomic E-state index is 0.336. The quantitative estimate of drug-likeness (QED) is 0.893. The highest BCUT2D eigenvalue weighted by molar-refractivity contribution is 6.13. The lowest BCUT2D eigenvalue weighted by atomic mass is 9.89. The molecule has 96 valence electrons. The molecule has 2 N–H and O–H groups in total. The fourth-order valence-corrected chi connectivity index (χ4v) is 2.52. The lowest BCUT2D eigenvalue weighted by Crippen LogP contribution is -2.26. The van der Waals surface area contributed by atoms with Crippen LogP contribution in [0.4, 0.5) is 0 Å². The van der Waals surface area contributed by atoms with Crippen LogP contribution in [0.1, 0.15) is 25.3 Å². The highest BCUT2D eigenvalue weighted by Crippen LogP contribution is 2.25. The molecule has 1 aromatic heterocycles. The summed E-state index contributed by atoms with van der Waals surface area (Å²) in [5.41, 5.74) is 8.91. The normalized spacial score (nSPS) is 19.1. The second-order valence-corrected chi connectivity index (χ2v) is 4.76. The fourth-order valence-electron chi connectivity index (χ4n) is 2.52. The number of hydrogen-bond acceptors (Lipinski definition) is 4. The van der Waals surface area contributed by atoms with Crippen LogP contribution in [0.5, 0.6) is 0 Å². The van der Waals surface area contributed by atoms with Crippen molar-refractivity contribution >= 4 is 22.5 Å². The first-order valence-corrected chi connectivity index (χ1v) is 6.53. The standard InChI is InChI=1S/C15H16N4/c1-2-10-9-14(16)18-19-15(10)12-7-8-17-13-6-4-3-5-11(12)13/h3-8,10H,2,9H2,1H3,(H2,16,18). The lowest BCUT2D eigenvalue weighted by Gasteiger charge is -2.20. The minimum Gasteiger partial charge on any atom is -0.386 e. The van der Waals surface area contributed by atoms with Gasteiger partial charge in [-0.1, -0.05) is 25.1 Å². The summed E-state index contributed by atoms with van der Waals surface area (Å²) in [6.07, 6.45) is 3.62. The maximum atomic E-state index is 5.78. The van der Waals surface area contributed by atoms with Crippen molar-refractivity contribution in [2.24, 2.45) is 21.9 Å². The molecule has 1 unspecified atom stereocenters. The molecule has 0 aliphatic carbocycles. The molecule has 1 aliphatic heterocycles. The molecule has 0 amide bonds. The van der Waals surface area contributed by atoms with E-state index >= 15 is 0 Å². The van der Waals surface area contributed by atoms with E-state index in [-0.39, 0.29) is 0 Å². The van der Waals surface area contributed by atoms with Gasteiger partial charge in [0, 0.05) is 29.5 Å². The largest absolute Gasteiger partial charge is 0.386 e. The predicted molar refractivity (Wildman–Crippen MR) is 78.3 cm³/mol. The van der Waals surface area contributed by atoms with E-state index in [0.29, 0.717) is 11.8 Å². The van der Waals surface area contributed by atoms with Gasteiger partial charge in [0.05, 0.1) is 11.2 Å². The SMILES string of the molecule is CCC1CC(N)=NN=C1c1ccnc2ccccc12. The number of amidine groups is 1. The number of nitrogens with zero attached hydrogens (tertiary/aromatic N) is 3. The van der Waals surface area contributed by atoms with Gasteiger partial charge in [-0.3, -0.25) is 4.98 Å². The van der Waals surface area contributed by atoms with Crippen LogP contribution in [-0.4, -0.2) is 16.5 Å². The number of fused-ring (bicyclic) bond motifs is 1. The Morgan fingerprint density at radius 3 is 2.89 bits per heavy atom. The Morgan fingerprint density at radius 2 is 2.05 bits per heavy atom. The molecule has 19 heavy (non-hydrogen) atoms. The van der Waals surface area contributed by atoms with Gasteiger partial charge in [-0.15, -0.1) is 5.10 Å². The summed E-state index contributed by atoms with van der Waals surface area (Å²) in [6.45, 7) is 2.15. The first-order valence-electron chi connectivity index (χ1n) is 6.53. The third-order valence-electron chi connectivity index (χ3n) is 3.55. The van der Waals surface area contributed by atoms with E-state index in [2.05, 4.69) is 28.2 Å². The number of aromatic nitrogens is 1. The summed E-state index contributed by atoms with van der Waals surface area (Å²) in [7, 11) is 0. The van der Waals surface area contributed by atoms with Crippen LogP contribution in [0.15, 0.2) is 46.7 Å². The molecule has 2 aromatic rings. The molecule has 0 saturated heterocycles. The van der Waals surface area contributed by atoms with Crippen LogP contribution in [-0.2, 0) is 0 Å². The second kappa shape index (κ2) is 4.80. The number of nitrogens with two attached hydrogens (primary N) is 1. The first-order chi connectivity index (χ1) is 9.29. The third kappa shape index (κ3) is 2.10. The first kappa shape index (κ1) is 11.8. The smallest absolute Gasteiger partial charge is 0.123 e. The Balaban J connectivity index is 2.18. The van der Waals surface area contributed by atoms with E-state index in [1.54, 1.807) is 0 Å². The van der Waals surface area contributed by atoms with Crippen molar-refractivity contribution in [3.8, 4) is 0 Å². The Bertz CT molecular complexity index is 667. The van der Waals surface area contributed by atoms with E-state index in [1.165, 1.54) is 0 Å². The number of hydrogen-bond donors (Lipinski definition) is 1. The van der Waals surface area contributed by atoms with Gasteiger partial charge in [0.2, 0.25) is 0 Å². The molecule has 1 aromatic carbocycles. The predicted octanol–water partition coefficient (Wildman–Crippen LogP) is 2.73. The summed E-state index contributed by atoms with van der Waals surface area (Å²) in [4.78, 5) is 4.39. The van der Waals surface area contributed by atoms with E-state index in [0.717, 1.165) is 35.0 Å². The van der Waals surface area contributed by atoms with Crippen molar-refractivity contribution in [1.82, 2.24) is 4.98 Å². The van der Waals surface area contributed by atoms with Crippen molar-refractivity contribution in [1.29, 1.82) is 0 Å². The minimum atomic E-state index is 0.336. The molecular formula is C15H16N4. The highest BCUT2D eigenvalue weighted by atomic mass is 15.2. The zero-order valence-electron chi connectivity index (χ0n) is 10.9. The summed E-state index contributed by atoms with van der Waals surface area (Å²) < 4.78 is 0. The molecular weight excluding hydrogens is 236 g/mol. The molecule has 4 heteroatoms. The molecule has 4 nitrogen and oxygen atoms in total. The molecule has 0 fully saturated rings. The number of benzene rings is 1. The summed E-state index contributed by atoms with van der Waals surface area (Å²) in [5.74, 6) is 0.956. The van der Waals surface area contributed by atoms with Gasteiger partial charge < -0.3 is 5.73 Å². The van der Waals surface area contributed by atoms with Crippen molar-refractivity contribution in [3.05, 3.63) is 42.1 Å². The molecule has 0 spiro atoms. The van der Waals surface area contributed by atoms with Crippen molar-refractivity contribution in [2.75, 3.05) is 0 Å². The Morgan fingerprint density at radius 1 is 1.21 bits per heavy atom. The van der Waals surface area contributed by atoms with E-state index < -0.39 is 0 Å². The van der Waals surface area contributed by atoms with Crippen LogP contribution >= 0.6 is 0 Å². The van der Waals surface area contributed by atoms with Gasteiger partial charge in [-0.25, -0.2) is 0 Å². The van der Waals surface area contributed by atoms with Crippen LogP contribution in [0, 0.1) is 5.92 Å². The Kier molecular flexibility index (Phi) is 2.99. The molecule has 0 saturated carbocycles. The zero-order valence-corrected chi connectivity index (χ0v) is 10.9. The molecule has 1 atom stereocenters. The van der Waals surface area contributed by atoms with Crippen molar-refractivity contribution < 1.29 is 0 Å². The van der Waals surface area contributed by atoms with Crippen LogP contribution < -0.4 is 5.73 Å². The summed E-state index contributed by atoms with van der Waals surface area (Å²) >= 11 is 0. The number of rotatable bonds is 2. The maximum absolute atomic E-state index is 5.78. The van der Waals surface area contributed by atoms with Crippen LogP contribution in [0.2, 0.25) is 0 Å².